The molecule has 0 aliphatic rings. The Bertz CT molecular complexity index is 443. The highest BCUT2D eigenvalue weighted by atomic mass is 16.5. The molecular formula is C15H22N2O3. The summed E-state index contributed by atoms with van der Waals surface area (Å²) in [6.45, 7) is 4.31. The summed E-state index contributed by atoms with van der Waals surface area (Å²) < 4.78 is 5.10. The zero-order valence-corrected chi connectivity index (χ0v) is 12.0. The number of anilines is 1. The molecular weight excluding hydrogens is 256 g/mol. The second-order valence-electron chi connectivity index (χ2n) is 4.57. The van der Waals surface area contributed by atoms with Gasteiger partial charge in [0, 0.05) is 5.69 Å². The van der Waals surface area contributed by atoms with Crippen molar-refractivity contribution in [3.05, 3.63) is 29.8 Å². The predicted molar refractivity (Wildman–Crippen MR) is 78.5 cm³/mol. The van der Waals surface area contributed by atoms with E-state index in [0.717, 1.165) is 12.8 Å². The lowest BCUT2D eigenvalue weighted by atomic mass is 10.2. The maximum Gasteiger partial charge on any atom is 0.338 e. The van der Waals surface area contributed by atoms with Gasteiger partial charge in [-0.3, -0.25) is 4.79 Å². The molecule has 0 aliphatic carbocycles. The number of ether oxygens (including phenoxy) is 1. The van der Waals surface area contributed by atoms with Gasteiger partial charge in [-0.05, 0) is 37.1 Å². The predicted octanol–water partition coefficient (Wildman–Crippen LogP) is 2.32. The normalized spacial score (nSPS) is 11.8. The number of benzene rings is 1. The first kappa shape index (κ1) is 16.2. The molecule has 0 fully saturated rings. The fourth-order valence-electron chi connectivity index (χ4n) is 1.50. The molecule has 1 aromatic rings. The molecule has 0 radical (unpaired) electrons. The molecule has 1 aromatic carbocycles. The van der Waals surface area contributed by atoms with Crippen LogP contribution in [0.1, 0.15) is 43.5 Å². The van der Waals surface area contributed by atoms with E-state index >= 15 is 0 Å². The van der Waals surface area contributed by atoms with Crippen LogP contribution in [0.2, 0.25) is 0 Å². The highest BCUT2D eigenvalue weighted by Crippen LogP contribution is 2.11. The lowest BCUT2D eigenvalue weighted by Crippen LogP contribution is -2.34. The Morgan fingerprint density at radius 1 is 1.25 bits per heavy atom. The Morgan fingerprint density at radius 3 is 2.45 bits per heavy atom. The molecule has 0 aromatic heterocycles. The van der Waals surface area contributed by atoms with Gasteiger partial charge in [0.15, 0.2) is 0 Å². The van der Waals surface area contributed by atoms with Crippen LogP contribution in [-0.4, -0.2) is 24.5 Å². The third kappa shape index (κ3) is 5.01. The van der Waals surface area contributed by atoms with Crippen molar-refractivity contribution in [2.24, 2.45) is 5.73 Å². The number of unbranched alkanes of at least 4 members (excludes halogenated alkanes) is 1. The summed E-state index contributed by atoms with van der Waals surface area (Å²) in [7, 11) is 0. The fraction of sp³-hybridized carbons (Fsp3) is 0.467. The van der Waals surface area contributed by atoms with Crippen molar-refractivity contribution in [3.8, 4) is 0 Å². The molecule has 110 valence electrons. The first-order valence-corrected chi connectivity index (χ1v) is 6.92. The quantitative estimate of drug-likeness (QED) is 0.592. The van der Waals surface area contributed by atoms with Crippen LogP contribution in [-0.2, 0) is 9.53 Å². The van der Waals surface area contributed by atoms with Crippen LogP contribution in [0, 0.1) is 0 Å². The lowest BCUT2D eigenvalue weighted by Gasteiger charge is -2.10. The Balaban J connectivity index is 2.55. The minimum atomic E-state index is -0.520. The van der Waals surface area contributed by atoms with Crippen LogP contribution in [0.15, 0.2) is 24.3 Å². The number of amides is 1. The number of carbonyl (C=O) groups excluding carboxylic acids is 2. The Labute approximate surface area is 119 Å². The monoisotopic (exact) mass is 278 g/mol. The summed E-state index contributed by atoms with van der Waals surface area (Å²) in [5.74, 6) is -0.577. The Morgan fingerprint density at radius 2 is 1.90 bits per heavy atom. The third-order valence-corrected chi connectivity index (χ3v) is 2.90. The molecule has 0 unspecified atom stereocenters. The first-order chi connectivity index (χ1) is 9.58. The number of esters is 1. The molecule has 0 saturated heterocycles. The Hall–Kier alpha value is -1.88. The fourth-order valence-corrected chi connectivity index (χ4v) is 1.50. The average molecular weight is 278 g/mol. The topological polar surface area (TPSA) is 81.4 Å². The van der Waals surface area contributed by atoms with Crippen LogP contribution in [0.5, 0.6) is 0 Å². The van der Waals surface area contributed by atoms with Crippen molar-refractivity contribution in [3.63, 3.8) is 0 Å². The molecule has 5 nitrogen and oxygen atoms in total. The molecule has 3 N–H and O–H groups in total. The Kier molecular flexibility index (Phi) is 6.73. The number of nitrogens with two attached hydrogens (primary N) is 1. The second-order valence-corrected chi connectivity index (χ2v) is 4.57. The summed E-state index contributed by atoms with van der Waals surface area (Å²) in [4.78, 5) is 23.3. The van der Waals surface area contributed by atoms with Gasteiger partial charge in [-0.25, -0.2) is 4.79 Å². The van der Waals surface area contributed by atoms with E-state index in [1.54, 1.807) is 24.3 Å². The molecule has 1 amide bonds. The summed E-state index contributed by atoms with van der Waals surface area (Å²) in [5, 5.41) is 2.69. The highest BCUT2D eigenvalue weighted by Gasteiger charge is 2.11. The van der Waals surface area contributed by atoms with E-state index in [2.05, 4.69) is 5.32 Å². The largest absolute Gasteiger partial charge is 0.462 e. The van der Waals surface area contributed by atoms with Gasteiger partial charge >= 0.3 is 5.97 Å². The summed E-state index contributed by atoms with van der Waals surface area (Å²) in [6, 6.07) is 6.06. The van der Waals surface area contributed by atoms with Crippen molar-refractivity contribution in [1.82, 2.24) is 0 Å². The SMILES string of the molecule is CCCCOC(=O)c1ccc(NC(=O)[C@H](N)CC)cc1. The van der Waals surface area contributed by atoms with E-state index in [-0.39, 0.29) is 11.9 Å². The molecule has 0 bridgehead atoms. The van der Waals surface area contributed by atoms with Gasteiger partial charge in [0.25, 0.3) is 0 Å². The van der Waals surface area contributed by atoms with E-state index in [0.29, 0.717) is 24.3 Å². The van der Waals surface area contributed by atoms with Crippen LogP contribution in [0.3, 0.4) is 0 Å². The number of hydrogen-bond acceptors (Lipinski definition) is 4. The highest BCUT2D eigenvalue weighted by molar-refractivity contribution is 5.95. The van der Waals surface area contributed by atoms with Gasteiger partial charge in [-0.15, -0.1) is 0 Å². The van der Waals surface area contributed by atoms with Crippen molar-refractivity contribution < 1.29 is 14.3 Å². The van der Waals surface area contributed by atoms with Gasteiger partial charge in [-0.2, -0.15) is 0 Å². The third-order valence-electron chi connectivity index (χ3n) is 2.90. The van der Waals surface area contributed by atoms with E-state index in [1.807, 2.05) is 13.8 Å². The zero-order chi connectivity index (χ0) is 15.0. The smallest absolute Gasteiger partial charge is 0.338 e. The summed E-state index contributed by atoms with van der Waals surface area (Å²) >= 11 is 0. The molecule has 0 heterocycles. The van der Waals surface area contributed by atoms with E-state index < -0.39 is 6.04 Å². The van der Waals surface area contributed by atoms with Crippen molar-refractivity contribution in [2.75, 3.05) is 11.9 Å². The molecule has 1 rings (SSSR count). The van der Waals surface area contributed by atoms with E-state index in [1.165, 1.54) is 0 Å². The van der Waals surface area contributed by atoms with Gasteiger partial charge in [0.05, 0.1) is 18.2 Å². The van der Waals surface area contributed by atoms with Crippen LogP contribution < -0.4 is 11.1 Å². The average Bonchev–Trinajstić information content (AvgIpc) is 2.47. The van der Waals surface area contributed by atoms with Crippen LogP contribution in [0.25, 0.3) is 0 Å². The molecule has 0 spiro atoms. The zero-order valence-electron chi connectivity index (χ0n) is 12.0. The standard InChI is InChI=1S/C15H22N2O3/c1-3-5-10-20-15(19)11-6-8-12(9-7-11)17-14(18)13(16)4-2/h6-9,13H,3-5,10,16H2,1-2H3,(H,17,18)/t13-/m1/s1. The minimum absolute atomic E-state index is 0.231. The first-order valence-electron chi connectivity index (χ1n) is 6.92. The van der Waals surface area contributed by atoms with E-state index in [4.69, 9.17) is 10.5 Å². The van der Waals surface area contributed by atoms with Crippen molar-refractivity contribution in [2.45, 2.75) is 39.2 Å². The number of hydrogen-bond donors (Lipinski definition) is 2. The van der Waals surface area contributed by atoms with Crippen LogP contribution in [0.4, 0.5) is 5.69 Å². The van der Waals surface area contributed by atoms with Gasteiger partial charge < -0.3 is 15.8 Å². The molecule has 0 aliphatic heterocycles. The van der Waals surface area contributed by atoms with Gasteiger partial charge in [-0.1, -0.05) is 20.3 Å². The summed E-state index contributed by atoms with van der Waals surface area (Å²) in [5.41, 5.74) is 6.71. The second kappa shape index (κ2) is 8.32. The molecule has 0 saturated carbocycles. The van der Waals surface area contributed by atoms with E-state index in [9.17, 15) is 9.59 Å². The number of rotatable bonds is 7. The molecule has 1 atom stereocenters. The lowest BCUT2D eigenvalue weighted by molar-refractivity contribution is -0.117. The summed E-state index contributed by atoms with van der Waals surface area (Å²) in [6.07, 6.45) is 2.42. The maximum atomic E-state index is 11.7. The van der Waals surface area contributed by atoms with Crippen LogP contribution >= 0.6 is 0 Å². The number of carbonyl (C=O) groups is 2. The van der Waals surface area contributed by atoms with Crippen molar-refractivity contribution >= 4 is 17.6 Å². The van der Waals surface area contributed by atoms with Crippen molar-refractivity contribution in [1.29, 1.82) is 0 Å². The number of nitrogens with one attached hydrogen (secondary N) is 1. The molecule has 5 heteroatoms. The van der Waals surface area contributed by atoms with Gasteiger partial charge in [0.1, 0.15) is 0 Å². The molecule has 20 heavy (non-hydrogen) atoms. The maximum absolute atomic E-state index is 11.7. The van der Waals surface area contributed by atoms with Gasteiger partial charge in [0.2, 0.25) is 5.91 Å². The minimum Gasteiger partial charge on any atom is -0.462 e.